The number of aromatic nitrogens is 4. The molecule has 0 atom stereocenters. The normalized spacial score (nSPS) is 10.9. The number of hydrogen-bond acceptors (Lipinski definition) is 3. The van der Waals surface area contributed by atoms with Crippen molar-refractivity contribution < 1.29 is 4.79 Å². The number of rotatable bonds is 6. The molecule has 0 fully saturated rings. The largest absolute Gasteiger partial charge is 0.323 e. The van der Waals surface area contributed by atoms with E-state index in [4.69, 9.17) is 23.2 Å². The third-order valence-corrected chi connectivity index (χ3v) is 5.50. The van der Waals surface area contributed by atoms with E-state index in [2.05, 4.69) is 38.1 Å². The highest BCUT2D eigenvalue weighted by Crippen LogP contribution is 2.23. The van der Waals surface area contributed by atoms with Crippen LogP contribution in [-0.2, 0) is 17.9 Å². The molecule has 3 aromatic rings. The number of nitrogens with zero attached hydrogens (tertiary/aromatic N) is 4. The highest BCUT2D eigenvalue weighted by molar-refractivity contribution is 14.1. The van der Waals surface area contributed by atoms with Crippen molar-refractivity contribution in [2.45, 2.75) is 26.4 Å². The minimum absolute atomic E-state index is 0.0813. The smallest absolute Gasteiger partial charge is 0.226 e. The monoisotopic (exact) mass is 503 g/mol. The first-order valence-corrected chi connectivity index (χ1v) is 9.70. The van der Waals surface area contributed by atoms with E-state index in [1.807, 2.05) is 19.2 Å². The Morgan fingerprint density at radius 1 is 1.23 bits per heavy atom. The Kier molecular flexibility index (Phi) is 6.20. The summed E-state index contributed by atoms with van der Waals surface area (Å²) in [6.45, 7) is 3.02. The quantitative estimate of drug-likeness (QED) is 0.508. The van der Waals surface area contributed by atoms with E-state index >= 15 is 0 Å². The van der Waals surface area contributed by atoms with Crippen LogP contribution < -0.4 is 5.32 Å². The molecule has 2 heterocycles. The van der Waals surface area contributed by atoms with Gasteiger partial charge >= 0.3 is 0 Å². The molecule has 136 valence electrons. The first-order chi connectivity index (χ1) is 12.4. The van der Waals surface area contributed by atoms with E-state index in [-0.39, 0.29) is 5.91 Å². The maximum atomic E-state index is 12.1. The molecular weight excluding hydrogens is 488 g/mol. The number of carbonyl (C=O) groups excluding carboxylic acids is 1. The first kappa shape index (κ1) is 19.2. The average Bonchev–Trinajstić information content (AvgIpc) is 3.15. The number of amides is 1. The highest BCUT2D eigenvalue weighted by atomic mass is 127. The van der Waals surface area contributed by atoms with Gasteiger partial charge in [-0.3, -0.25) is 14.2 Å². The van der Waals surface area contributed by atoms with Gasteiger partial charge in [0.1, 0.15) is 0 Å². The van der Waals surface area contributed by atoms with Crippen molar-refractivity contribution in [3.05, 3.63) is 61.7 Å². The third kappa shape index (κ3) is 4.99. The summed E-state index contributed by atoms with van der Waals surface area (Å²) in [4.78, 5) is 12.1. The van der Waals surface area contributed by atoms with Crippen molar-refractivity contribution in [2.24, 2.45) is 0 Å². The van der Waals surface area contributed by atoms with Crippen molar-refractivity contribution in [1.82, 2.24) is 19.6 Å². The van der Waals surface area contributed by atoms with E-state index < -0.39 is 0 Å². The molecule has 0 aliphatic rings. The fraction of sp³-hybridized carbons (Fsp3) is 0.235. The number of hydrogen-bond donors (Lipinski definition) is 1. The van der Waals surface area contributed by atoms with Crippen LogP contribution in [0.15, 0.2) is 36.8 Å². The van der Waals surface area contributed by atoms with Gasteiger partial charge < -0.3 is 5.32 Å². The predicted octanol–water partition coefficient (Wildman–Crippen LogP) is 4.38. The Balaban J connectivity index is 1.54. The lowest BCUT2D eigenvalue weighted by atomic mass is 10.2. The second-order valence-electron chi connectivity index (χ2n) is 5.80. The van der Waals surface area contributed by atoms with E-state index in [9.17, 15) is 4.79 Å². The van der Waals surface area contributed by atoms with E-state index in [0.29, 0.717) is 35.2 Å². The van der Waals surface area contributed by atoms with Crippen LogP contribution in [0.3, 0.4) is 0 Å². The molecule has 26 heavy (non-hydrogen) atoms. The van der Waals surface area contributed by atoms with Gasteiger partial charge in [-0.05, 0) is 47.2 Å². The zero-order chi connectivity index (χ0) is 18.7. The molecule has 0 radical (unpaired) electrons. The molecular formula is C17H16Cl2IN5O. The van der Waals surface area contributed by atoms with Gasteiger partial charge in [0, 0.05) is 25.4 Å². The van der Waals surface area contributed by atoms with Crippen LogP contribution >= 0.6 is 45.8 Å². The second-order valence-corrected chi connectivity index (χ2v) is 7.78. The van der Waals surface area contributed by atoms with E-state index in [1.165, 1.54) is 0 Å². The Labute approximate surface area is 174 Å². The molecule has 0 bridgehead atoms. The molecule has 1 aromatic carbocycles. The molecule has 6 nitrogen and oxygen atoms in total. The van der Waals surface area contributed by atoms with Gasteiger partial charge in [0.15, 0.2) is 0 Å². The molecule has 1 amide bonds. The lowest BCUT2D eigenvalue weighted by Crippen LogP contribution is -2.14. The summed E-state index contributed by atoms with van der Waals surface area (Å²) in [6, 6.07) is 5.45. The number of nitrogens with one attached hydrogen (secondary N) is 1. The van der Waals surface area contributed by atoms with Crippen molar-refractivity contribution in [2.75, 3.05) is 5.32 Å². The lowest BCUT2D eigenvalue weighted by molar-refractivity contribution is -0.116. The molecule has 9 heteroatoms. The van der Waals surface area contributed by atoms with Crippen LogP contribution in [0.5, 0.6) is 0 Å². The van der Waals surface area contributed by atoms with Crippen LogP contribution in [0.25, 0.3) is 0 Å². The average molecular weight is 504 g/mol. The first-order valence-electron chi connectivity index (χ1n) is 7.86. The Morgan fingerprint density at radius 2 is 2.04 bits per heavy atom. The highest BCUT2D eigenvalue weighted by Gasteiger charge is 2.08. The molecule has 0 aliphatic heterocycles. The van der Waals surface area contributed by atoms with Gasteiger partial charge in [-0.1, -0.05) is 29.3 Å². The maximum Gasteiger partial charge on any atom is 0.226 e. The fourth-order valence-electron chi connectivity index (χ4n) is 2.39. The summed E-state index contributed by atoms with van der Waals surface area (Å²) < 4.78 is 4.60. The molecule has 0 spiro atoms. The Hall–Kier alpha value is -1.58. The molecule has 0 saturated carbocycles. The van der Waals surface area contributed by atoms with E-state index in [0.717, 1.165) is 14.8 Å². The van der Waals surface area contributed by atoms with Gasteiger partial charge in [-0.15, -0.1) is 0 Å². The zero-order valence-electron chi connectivity index (χ0n) is 13.9. The van der Waals surface area contributed by atoms with Crippen LogP contribution in [0, 0.1) is 10.5 Å². The summed E-state index contributed by atoms with van der Waals surface area (Å²) in [7, 11) is 0. The topological polar surface area (TPSA) is 64.7 Å². The van der Waals surface area contributed by atoms with Crippen LogP contribution in [0.2, 0.25) is 10.0 Å². The van der Waals surface area contributed by atoms with Gasteiger partial charge in [0.2, 0.25) is 5.91 Å². The fourth-order valence-corrected chi connectivity index (χ4v) is 3.14. The second kappa shape index (κ2) is 8.41. The summed E-state index contributed by atoms with van der Waals surface area (Å²) >= 11 is 14.2. The number of anilines is 1. The summed E-state index contributed by atoms with van der Waals surface area (Å²) in [6.07, 6.45) is 5.67. The standard InChI is InChI=1S/C17H16Cl2IN5O/c1-11-16(20)10-24(23-11)5-4-17(26)22-13-7-21-25(9-13)8-12-2-3-14(18)15(19)6-12/h2-3,6-7,9-10H,4-5,8H2,1H3,(H,22,26). The van der Waals surface area contributed by atoms with Crippen molar-refractivity contribution in [1.29, 1.82) is 0 Å². The Bertz CT molecular complexity index is 918. The van der Waals surface area contributed by atoms with Gasteiger partial charge in [0.05, 0.1) is 37.7 Å². The van der Waals surface area contributed by atoms with Crippen LogP contribution in [0.1, 0.15) is 17.7 Å². The molecule has 0 aliphatic carbocycles. The minimum atomic E-state index is -0.0813. The van der Waals surface area contributed by atoms with Gasteiger partial charge in [-0.25, -0.2) is 0 Å². The molecule has 1 N–H and O–H groups in total. The molecule has 0 unspecified atom stereocenters. The van der Waals surface area contributed by atoms with Crippen molar-refractivity contribution >= 4 is 57.4 Å². The molecule has 2 aromatic heterocycles. The minimum Gasteiger partial charge on any atom is -0.323 e. The van der Waals surface area contributed by atoms with Gasteiger partial charge in [0.25, 0.3) is 0 Å². The SMILES string of the molecule is Cc1nn(CCC(=O)Nc2cnn(Cc3ccc(Cl)c(Cl)c3)c2)cc1I. The van der Waals surface area contributed by atoms with Crippen molar-refractivity contribution in [3.63, 3.8) is 0 Å². The number of aryl methyl sites for hydroxylation is 2. The number of carbonyl (C=O) groups is 1. The van der Waals surface area contributed by atoms with Gasteiger partial charge in [-0.2, -0.15) is 10.2 Å². The van der Waals surface area contributed by atoms with Crippen LogP contribution in [-0.4, -0.2) is 25.5 Å². The number of halogens is 3. The lowest BCUT2D eigenvalue weighted by Gasteiger charge is -2.04. The number of benzene rings is 1. The summed E-state index contributed by atoms with van der Waals surface area (Å²) in [5.41, 5.74) is 2.60. The van der Waals surface area contributed by atoms with Crippen molar-refractivity contribution in [3.8, 4) is 0 Å². The molecule has 0 saturated heterocycles. The zero-order valence-corrected chi connectivity index (χ0v) is 17.6. The van der Waals surface area contributed by atoms with E-state index in [1.54, 1.807) is 33.9 Å². The summed E-state index contributed by atoms with van der Waals surface area (Å²) in [5.74, 6) is -0.0813. The summed E-state index contributed by atoms with van der Waals surface area (Å²) in [5, 5.41) is 12.5. The van der Waals surface area contributed by atoms with Crippen LogP contribution in [0.4, 0.5) is 5.69 Å². The maximum absolute atomic E-state index is 12.1. The molecule has 3 rings (SSSR count). The third-order valence-electron chi connectivity index (χ3n) is 3.70. The Morgan fingerprint density at radius 3 is 2.73 bits per heavy atom. The predicted molar refractivity (Wildman–Crippen MR) is 111 cm³/mol.